The summed E-state index contributed by atoms with van der Waals surface area (Å²) in [5, 5.41) is 8.86. The molecular weight excluding hydrogens is 403 g/mol. The maximum Gasteiger partial charge on any atom is 0.328 e. The van der Waals surface area contributed by atoms with Crippen molar-refractivity contribution in [3.63, 3.8) is 0 Å². The van der Waals surface area contributed by atoms with E-state index >= 15 is 4.39 Å². The van der Waals surface area contributed by atoms with Gasteiger partial charge in [0.2, 0.25) is 0 Å². The van der Waals surface area contributed by atoms with Gasteiger partial charge in [0.25, 0.3) is 0 Å². The molecule has 1 aliphatic carbocycles. The Hall–Kier alpha value is -2.62. The molecule has 1 N–H and O–H groups in total. The number of rotatable bonds is 7. The van der Waals surface area contributed by atoms with E-state index in [0.717, 1.165) is 30.0 Å². The fourth-order valence-electron chi connectivity index (χ4n) is 3.98. The molecule has 3 nitrogen and oxygen atoms in total. The first-order valence-corrected chi connectivity index (χ1v) is 11.3. The average Bonchev–Trinajstić information content (AvgIpc) is 2.68. The van der Waals surface area contributed by atoms with Gasteiger partial charge in [-0.25, -0.2) is 9.18 Å². The number of aliphatic carboxylic acids is 1. The van der Waals surface area contributed by atoms with Crippen LogP contribution in [0.15, 0.2) is 47.8 Å². The fourth-order valence-corrected chi connectivity index (χ4v) is 3.98. The van der Waals surface area contributed by atoms with Gasteiger partial charge in [-0.3, -0.25) is 0 Å². The number of hydrogen-bond donors (Lipinski definition) is 1. The molecule has 0 heterocycles. The van der Waals surface area contributed by atoms with E-state index in [1.165, 1.54) is 23.3 Å². The van der Waals surface area contributed by atoms with E-state index in [9.17, 15) is 4.79 Å². The minimum atomic E-state index is -1.05. The molecule has 0 unspecified atom stereocenters. The van der Waals surface area contributed by atoms with Gasteiger partial charge >= 0.3 is 5.97 Å². The first-order chi connectivity index (χ1) is 14.8. The highest BCUT2D eigenvalue weighted by molar-refractivity contribution is 5.82. The summed E-state index contributed by atoms with van der Waals surface area (Å²) < 4.78 is 21.2. The number of allylic oxidation sites excluding steroid dienone is 7. The minimum Gasteiger partial charge on any atom is -0.493 e. The van der Waals surface area contributed by atoms with Crippen LogP contribution in [0, 0.1) is 5.41 Å². The van der Waals surface area contributed by atoms with Crippen LogP contribution in [0.25, 0.3) is 11.1 Å². The summed E-state index contributed by atoms with van der Waals surface area (Å²) in [7, 11) is 0. The molecule has 1 aromatic carbocycles. The van der Waals surface area contributed by atoms with Gasteiger partial charge in [0.05, 0.1) is 6.61 Å². The van der Waals surface area contributed by atoms with Crippen LogP contribution >= 0.6 is 0 Å². The lowest BCUT2D eigenvalue weighted by atomic mass is 9.67. The van der Waals surface area contributed by atoms with Crippen molar-refractivity contribution in [3.8, 4) is 5.75 Å². The molecule has 0 amide bonds. The average molecular weight is 441 g/mol. The van der Waals surface area contributed by atoms with Crippen molar-refractivity contribution >= 4 is 17.1 Å². The smallest absolute Gasteiger partial charge is 0.328 e. The Balaban J connectivity index is 2.69. The molecule has 4 heteroatoms. The van der Waals surface area contributed by atoms with Gasteiger partial charge in [-0.05, 0) is 83.6 Å². The Morgan fingerprint density at radius 2 is 1.88 bits per heavy atom. The molecule has 174 valence electrons. The molecule has 0 aliphatic heterocycles. The molecule has 1 aliphatic rings. The first-order valence-electron chi connectivity index (χ1n) is 11.3. The van der Waals surface area contributed by atoms with Crippen LogP contribution in [0.2, 0.25) is 0 Å². The molecule has 0 saturated heterocycles. The van der Waals surface area contributed by atoms with E-state index in [2.05, 4.69) is 52.8 Å². The molecule has 0 bridgehead atoms. The van der Waals surface area contributed by atoms with Crippen LogP contribution < -0.4 is 4.74 Å². The molecule has 0 aromatic heterocycles. The second-order valence-corrected chi connectivity index (χ2v) is 10.2. The molecule has 0 atom stereocenters. The summed E-state index contributed by atoms with van der Waals surface area (Å²) in [4.78, 5) is 10.8. The number of ether oxygens (including phenoxy) is 1. The zero-order valence-corrected chi connectivity index (χ0v) is 20.7. The van der Waals surface area contributed by atoms with Gasteiger partial charge in [0.15, 0.2) is 0 Å². The van der Waals surface area contributed by atoms with E-state index in [4.69, 9.17) is 9.84 Å². The highest BCUT2D eigenvalue weighted by Crippen LogP contribution is 2.48. The van der Waals surface area contributed by atoms with Crippen LogP contribution in [-0.4, -0.2) is 17.7 Å². The highest BCUT2D eigenvalue weighted by Gasteiger charge is 2.33. The van der Waals surface area contributed by atoms with Gasteiger partial charge in [-0.2, -0.15) is 0 Å². The van der Waals surface area contributed by atoms with Gasteiger partial charge in [0, 0.05) is 11.6 Å². The van der Waals surface area contributed by atoms with Crippen LogP contribution in [0.3, 0.4) is 0 Å². The zero-order chi connectivity index (χ0) is 24.3. The summed E-state index contributed by atoms with van der Waals surface area (Å²) >= 11 is 0. The lowest BCUT2D eigenvalue weighted by Crippen LogP contribution is -2.25. The zero-order valence-electron chi connectivity index (χ0n) is 20.7. The largest absolute Gasteiger partial charge is 0.493 e. The summed E-state index contributed by atoms with van der Waals surface area (Å²) in [6.45, 7) is 17.0. The molecule has 0 saturated carbocycles. The molecule has 0 spiro atoms. The predicted molar refractivity (Wildman–Crippen MR) is 132 cm³/mol. The standard InChI is InChI=1S/C28H37FO3/c1-9-14-32-25-17-23-21(22(27(4,5)6)12-13-28(23,7)8)16-20(25)19(3)24(29)11-10-18(2)15-26(30)31/h10-12,15-17H,9,13-14H2,1-8H3,(H,30,31). The summed E-state index contributed by atoms with van der Waals surface area (Å²) in [6, 6.07) is 4.16. The maximum absolute atomic E-state index is 15.1. The second kappa shape index (κ2) is 9.89. The number of benzene rings is 1. The fraction of sp³-hybridized carbons (Fsp3) is 0.464. The van der Waals surface area contributed by atoms with E-state index in [0.29, 0.717) is 23.5 Å². The third-order valence-electron chi connectivity index (χ3n) is 5.83. The maximum atomic E-state index is 15.1. The molecule has 0 radical (unpaired) electrons. The predicted octanol–water partition coefficient (Wildman–Crippen LogP) is 7.87. The first kappa shape index (κ1) is 25.6. The van der Waals surface area contributed by atoms with Crippen molar-refractivity contribution in [1.82, 2.24) is 0 Å². The Labute approximate surface area is 192 Å². The third-order valence-corrected chi connectivity index (χ3v) is 5.83. The Bertz CT molecular complexity index is 998. The van der Waals surface area contributed by atoms with Crippen molar-refractivity contribution in [2.24, 2.45) is 5.41 Å². The van der Waals surface area contributed by atoms with Gasteiger partial charge in [0.1, 0.15) is 11.6 Å². The van der Waals surface area contributed by atoms with E-state index in [1.54, 1.807) is 13.8 Å². The van der Waals surface area contributed by atoms with Crippen LogP contribution in [0.1, 0.15) is 84.9 Å². The number of halogens is 1. The molecule has 2 rings (SSSR count). The van der Waals surface area contributed by atoms with Crippen LogP contribution in [0.4, 0.5) is 4.39 Å². The monoisotopic (exact) mass is 440 g/mol. The Morgan fingerprint density at radius 1 is 1.22 bits per heavy atom. The summed E-state index contributed by atoms with van der Waals surface area (Å²) in [5.74, 6) is -0.782. The lowest BCUT2D eigenvalue weighted by Gasteiger charge is -2.37. The SMILES string of the molecule is CCCOc1cc2c(cc1C(C)=C(F)C=CC(C)=CC(=O)O)C(C(C)(C)C)=CCC2(C)C. The van der Waals surface area contributed by atoms with Crippen LogP contribution in [0.5, 0.6) is 5.75 Å². The summed E-state index contributed by atoms with van der Waals surface area (Å²) in [6.07, 6.45) is 7.96. The highest BCUT2D eigenvalue weighted by atomic mass is 19.1. The molecule has 1 aromatic rings. The number of carbonyl (C=O) groups is 1. The van der Waals surface area contributed by atoms with E-state index < -0.39 is 11.8 Å². The van der Waals surface area contributed by atoms with Crippen molar-refractivity contribution < 1.29 is 19.0 Å². The summed E-state index contributed by atoms with van der Waals surface area (Å²) in [5.41, 5.74) is 5.22. The van der Waals surface area contributed by atoms with Gasteiger partial charge < -0.3 is 9.84 Å². The Morgan fingerprint density at radius 3 is 2.44 bits per heavy atom. The van der Waals surface area contributed by atoms with Gasteiger partial charge in [-0.1, -0.05) is 53.7 Å². The quantitative estimate of drug-likeness (QED) is 0.346. The Kier molecular flexibility index (Phi) is 7.92. The van der Waals surface area contributed by atoms with Crippen molar-refractivity contribution in [2.45, 2.75) is 73.6 Å². The van der Waals surface area contributed by atoms with Gasteiger partial charge in [-0.15, -0.1) is 0 Å². The molecular formula is C28H37FO3. The number of fused-ring (bicyclic) bond motifs is 1. The van der Waals surface area contributed by atoms with Crippen molar-refractivity contribution in [2.75, 3.05) is 6.61 Å². The topological polar surface area (TPSA) is 46.5 Å². The van der Waals surface area contributed by atoms with Crippen molar-refractivity contribution in [3.05, 3.63) is 64.5 Å². The normalized spacial score (nSPS) is 17.0. The second-order valence-electron chi connectivity index (χ2n) is 10.2. The number of hydrogen-bond acceptors (Lipinski definition) is 2. The van der Waals surface area contributed by atoms with Crippen molar-refractivity contribution in [1.29, 1.82) is 0 Å². The van der Waals surface area contributed by atoms with Crippen LogP contribution in [-0.2, 0) is 10.2 Å². The number of carboxylic acids is 1. The molecule has 0 fully saturated rings. The minimum absolute atomic E-state index is 0.0386. The number of carboxylic acid groups (broad SMARTS) is 1. The van der Waals surface area contributed by atoms with E-state index in [1.807, 2.05) is 6.92 Å². The van der Waals surface area contributed by atoms with E-state index in [-0.39, 0.29) is 10.8 Å². The lowest BCUT2D eigenvalue weighted by molar-refractivity contribution is -0.131. The third kappa shape index (κ3) is 5.99. The molecule has 32 heavy (non-hydrogen) atoms.